The third-order valence-corrected chi connectivity index (χ3v) is 3.61. The molecule has 1 unspecified atom stereocenters. The molecule has 1 heterocycles. The molecule has 0 aliphatic rings. The van der Waals surface area contributed by atoms with Crippen LogP contribution >= 0.6 is 0 Å². The first kappa shape index (κ1) is 13.2. The van der Waals surface area contributed by atoms with E-state index in [0.717, 1.165) is 18.8 Å². The molecule has 3 nitrogen and oxygen atoms in total. The summed E-state index contributed by atoms with van der Waals surface area (Å²) in [5, 5.41) is 3.59. The van der Waals surface area contributed by atoms with E-state index in [4.69, 9.17) is 0 Å². The van der Waals surface area contributed by atoms with Gasteiger partial charge in [0.2, 0.25) is 0 Å². The summed E-state index contributed by atoms with van der Waals surface area (Å²) in [6.07, 6.45) is 6.06. The Hall–Kier alpha value is -0.830. The van der Waals surface area contributed by atoms with Gasteiger partial charge in [0, 0.05) is 31.9 Å². The van der Waals surface area contributed by atoms with Gasteiger partial charge in [0.05, 0.1) is 0 Å². The third-order valence-electron chi connectivity index (χ3n) is 3.61. The summed E-state index contributed by atoms with van der Waals surface area (Å²) in [5.74, 6) is 1.16. The summed E-state index contributed by atoms with van der Waals surface area (Å²) in [6, 6.07) is 0.489. The minimum atomic E-state index is 0.308. The number of aromatic nitrogens is 2. The number of hydrogen-bond acceptors (Lipinski definition) is 2. The Labute approximate surface area is 99.3 Å². The van der Waals surface area contributed by atoms with Gasteiger partial charge in [-0.05, 0) is 18.4 Å². The molecular formula is C13H25N3. The molecule has 0 fully saturated rings. The maximum absolute atomic E-state index is 4.41. The summed E-state index contributed by atoms with van der Waals surface area (Å²) in [5.41, 5.74) is 0.308. The summed E-state index contributed by atoms with van der Waals surface area (Å²) in [4.78, 5) is 4.41. The van der Waals surface area contributed by atoms with E-state index in [-0.39, 0.29) is 0 Å². The maximum atomic E-state index is 4.41. The predicted molar refractivity (Wildman–Crippen MR) is 68.4 cm³/mol. The van der Waals surface area contributed by atoms with Crippen LogP contribution in [0.3, 0.4) is 0 Å². The van der Waals surface area contributed by atoms with Crippen molar-refractivity contribution in [1.82, 2.24) is 14.9 Å². The lowest BCUT2D eigenvalue weighted by atomic mass is 9.80. The van der Waals surface area contributed by atoms with Crippen molar-refractivity contribution in [1.29, 1.82) is 0 Å². The Morgan fingerprint density at radius 2 is 2.12 bits per heavy atom. The number of imidazole rings is 1. The first-order valence-electron chi connectivity index (χ1n) is 6.20. The van der Waals surface area contributed by atoms with Gasteiger partial charge >= 0.3 is 0 Å². The van der Waals surface area contributed by atoms with Crippen molar-refractivity contribution in [3.63, 3.8) is 0 Å². The quantitative estimate of drug-likeness (QED) is 0.802. The summed E-state index contributed by atoms with van der Waals surface area (Å²) in [7, 11) is 2.06. The molecule has 3 heteroatoms. The standard InChI is InChI=1S/C13H25N3/c1-6-13(3,4)11(14-7-2)10-12-15-8-9-16(12)5/h8-9,11,14H,6-7,10H2,1-5H3. The Balaban J connectivity index is 2.76. The van der Waals surface area contributed by atoms with Crippen LogP contribution < -0.4 is 5.32 Å². The molecule has 0 bridgehead atoms. The van der Waals surface area contributed by atoms with Crippen LogP contribution in [0.2, 0.25) is 0 Å². The first-order valence-corrected chi connectivity index (χ1v) is 6.20. The number of nitrogens with zero attached hydrogens (tertiary/aromatic N) is 2. The van der Waals surface area contributed by atoms with Crippen molar-refractivity contribution in [3.05, 3.63) is 18.2 Å². The number of aryl methyl sites for hydroxylation is 1. The number of nitrogens with one attached hydrogen (secondary N) is 1. The molecule has 0 aliphatic heterocycles. The van der Waals surface area contributed by atoms with E-state index < -0.39 is 0 Å². The predicted octanol–water partition coefficient (Wildman–Crippen LogP) is 2.38. The van der Waals surface area contributed by atoms with Crippen LogP contribution in [0.1, 0.15) is 39.9 Å². The van der Waals surface area contributed by atoms with Gasteiger partial charge in [-0.1, -0.05) is 27.7 Å². The van der Waals surface area contributed by atoms with Crippen molar-refractivity contribution in [2.75, 3.05) is 6.54 Å². The molecule has 0 saturated heterocycles. The van der Waals surface area contributed by atoms with E-state index in [0.29, 0.717) is 11.5 Å². The molecule has 0 aromatic carbocycles. The molecule has 16 heavy (non-hydrogen) atoms. The molecule has 1 N–H and O–H groups in total. The van der Waals surface area contributed by atoms with Gasteiger partial charge < -0.3 is 9.88 Å². The van der Waals surface area contributed by atoms with Gasteiger partial charge in [-0.3, -0.25) is 0 Å². The molecule has 0 spiro atoms. The molecule has 1 rings (SSSR count). The second kappa shape index (κ2) is 5.48. The Morgan fingerprint density at radius 3 is 2.56 bits per heavy atom. The van der Waals surface area contributed by atoms with E-state index in [1.165, 1.54) is 6.42 Å². The molecule has 0 aliphatic carbocycles. The normalized spacial score (nSPS) is 14.1. The van der Waals surface area contributed by atoms with Crippen LogP contribution in [0.4, 0.5) is 0 Å². The third kappa shape index (κ3) is 3.08. The van der Waals surface area contributed by atoms with E-state index in [1.807, 2.05) is 12.4 Å². The average molecular weight is 223 g/mol. The van der Waals surface area contributed by atoms with Crippen molar-refractivity contribution in [3.8, 4) is 0 Å². The largest absolute Gasteiger partial charge is 0.338 e. The highest BCUT2D eigenvalue weighted by Gasteiger charge is 2.27. The molecular weight excluding hydrogens is 198 g/mol. The fourth-order valence-corrected chi connectivity index (χ4v) is 1.89. The van der Waals surface area contributed by atoms with E-state index in [1.54, 1.807) is 0 Å². The van der Waals surface area contributed by atoms with Gasteiger partial charge in [-0.15, -0.1) is 0 Å². The lowest BCUT2D eigenvalue weighted by Gasteiger charge is -2.34. The lowest BCUT2D eigenvalue weighted by molar-refractivity contribution is 0.229. The second-order valence-corrected chi connectivity index (χ2v) is 5.11. The number of rotatable bonds is 6. The van der Waals surface area contributed by atoms with Crippen LogP contribution in [0.5, 0.6) is 0 Å². The van der Waals surface area contributed by atoms with Gasteiger partial charge in [0.25, 0.3) is 0 Å². The zero-order valence-electron chi connectivity index (χ0n) is 11.2. The molecule has 1 atom stereocenters. The van der Waals surface area contributed by atoms with Gasteiger partial charge in [0.1, 0.15) is 5.82 Å². The molecule has 1 aromatic heterocycles. The minimum absolute atomic E-state index is 0.308. The Bertz CT molecular complexity index is 315. The molecule has 0 saturated carbocycles. The molecule has 92 valence electrons. The fraction of sp³-hybridized carbons (Fsp3) is 0.769. The van der Waals surface area contributed by atoms with Crippen LogP contribution in [-0.4, -0.2) is 22.1 Å². The number of hydrogen-bond donors (Lipinski definition) is 1. The van der Waals surface area contributed by atoms with Crippen LogP contribution in [-0.2, 0) is 13.5 Å². The minimum Gasteiger partial charge on any atom is -0.338 e. The highest BCUT2D eigenvalue weighted by atomic mass is 15.0. The zero-order chi connectivity index (χ0) is 12.2. The second-order valence-electron chi connectivity index (χ2n) is 5.11. The highest BCUT2D eigenvalue weighted by molar-refractivity contribution is 4.98. The zero-order valence-corrected chi connectivity index (χ0v) is 11.2. The van der Waals surface area contributed by atoms with Crippen molar-refractivity contribution in [2.45, 2.75) is 46.6 Å². The monoisotopic (exact) mass is 223 g/mol. The first-order chi connectivity index (χ1) is 7.51. The van der Waals surface area contributed by atoms with Crippen molar-refractivity contribution >= 4 is 0 Å². The van der Waals surface area contributed by atoms with Crippen LogP contribution in [0, 0.1) is 5.41 Å². The highest BCUT2D eigenvalue weighted by Crippen LogP contribution is 2.26. The van der Waals surface area contributed by atoms with Crippen LogP contribution in [0.25, 0.3) is 0 Å². The fourth-order valence-electron chi connectivity index (χ4n) is 1.89. The summed E-state index contributed by atoms with van der Waals surface area (Å²) < 4.78 is 2.11. The van der Waals surface area contributed by atoms with E-state index in [9.17, 15) is 0 Å². The molecule has 0 radical (unpaired) electrons. The van der Waals surface area contributed by atoms with Crippen molar-refractivity contribution < 1.29 is 0 Å². The van der Waals surface area contributed by atoms with Gasteiger partial charge in [0.15, 0.2) is 0 Å². The summed E-state index contributed by atoms with van der Waals surface area (Å²) in [6.45, 7) is 10.1. The van der Waals surface area contributed by atoms with Gasteiger partial charge in [-0.25, -0.2) is 4.98 Å². The van der Waals surface area contributed by atoms with Crippen LogP contribution in [0.15, 0.2) is 12.4 Å². The van der Waals surface area contributed by atoms with E-state index >= 15 is 0 Å². The maximum Gasteiger partial charge on any atom is 0.109 e. The van der Waals surface area contributed by atoms with Gasteiger partial charge in [-0.2, -0.15) is 0 Å². The van der Waals surface area contributed by atoms with E-state index in [2.05, 4.69) is 49.6 Å². The molecule has 0 amide bonds. The Kier molecular flexibility index (Phi) is 4.54. The smallest absolute Gasteiger partial charge is 0.109 e. The number of likely N-dealkylation sites (N-methyl/N-ethyl adjacent to an activating group) is 1. The van der Waals surface area contributed by atoms with Crippen molar-refractivity contribution in [2.24, 2.45) is 12.5 Å². The molecule has 1 aromatic rings. The SMILES string of the molecule is CCNC(Cc1nccn1C)C(C)(C)CC. The lowest BCUT2D eigenvalue weighted by Crippen LogP contribution is -2.43. The average Bonchev–Trinajstić information content (AvgIpc) is 2.64. The Morgan fingerprint density at radius 1 is 1.44 bits per heavy atom. The topological polar surface area (TPSA) is 29.9 Å². The summed E-state index contributed by atoms with van der Waals surface area (Å²) >= 11 is 0.